The van der Waals surface area contributed by atoms with Crippen molar-refractivity contribution < 1.29 is 14.0 Å². The summed E-state index contributed by atoms with van der Waals surface area (Å²) in [6.07, 6.45) is 0. The van der Waals surface area contributed by atoms with E-state index in [0.717, 1.165) is 5.56 Å². The highest BCUT2D eigenvalue weighted by Gasteiger charge is 2.12. The van der Waals surface area contributed by atoms with Gasteiger partial charge in [0.2, 0.25) is 0 Å². The molecule has 0 aliphatic heterocycles. The van der Waals surface area contributed by atoms with E-state index >= 15 is 0 Å². The summed E-state index contributed by atoms with van der Waals surface area (Å²) >= 11 is 6.14. The molecular weight excluding hydrogens is 357 g/mol. The number of hydrogen-bond acceptors (Lipinski definition) is 2. The number of anilines is 1. The van der Waals surface area contributed by atoms with E-state index in [0.29, 0.717) is 23.7 Å². The van der Waals surface area contributed by atoms with E-state index in [9.17, 15) is 14.0 Å². The first kappa shape index (κ1) is 19.7. The minimum Gasteiger partial charge on any atom is -0.352 e. The van der Waals surface area contributed by atoms with E-state index in [-0.39, 0.29) is 23.3 Å². The van der Waals surface area contributed by atoms with Crippen LogP contribution in [0.1, 0.15) is 29.8 Å². The van der Waals surface area contributed by atoms with Gasteiger partial charge in [0.05, 0.1) is 10.6 Å². The van der Waals surface area contributed by atoms with Crippen molar-refractivity contribution >= 4 is 29.2 Å². The van der Waals surface area contributed by atoms with Gasteiger partial charge >= 0.3 is 6.03 Å². The van der Waals surface area contributed by atoms with E-state index < -0.39 is 6.03 Å². The molecule has 0 unspecified atom stereocenters. The molecule has 5 nitrogen and oxygen atoms in total. The van der Waals surface area contributed by atoms with E-state index in [1.807, 2.05) is 13.8 Å². The van der Waals surface area contributed by atoms with Crippen LogP contribution in [0.5, 0.6) is 0 Å². The summed E-state index contributed by atoms with van der Waals surface area (Å²) in [5.74, 6) is -0.246. The van der Waals surface area contributed by atoms with Crippen LogP contribution in [0.2, 0.25) is 5.02 Å². The fraction of sp³-hybridized carbons (Fsp3) is 0.263. The SMILES string of the molecule is CC(C)CNC(=O)c1ccc(NC(=O)NCc2ccc(F)cc2)cc1Cl. The van der Waals surface area contributed by atoms with Crippen LogP contribution in [0.15, 0.2) is 42.5 Å². The summed E-state index contributed by atoms with van der Waals surface area (Å²) in [6.45, 7) is 4.81. The second-order valence-corrected chi connectivity index (χ2v) is 6.64. The van der Waals surface area contributed by atoms with Crippen molar-refractivity contribution in [2.75, 3.05) is 11.9 Å². The predicted octanol–water partition coefficient (Wildman–Crippen LogP) is 4.19. The molecule has 26 heavy (non-hydrogen) atoms. The van der Waals surface area contributed by atoms with Gasteiger partial charge in [-0.25, -0.2) is 9.18 Å². The molecule has 138 valence electrons. The lowest BCUT2D eigenvalue weighted by atomic mass is 10.1. The van der Waals surface area contributed by atoms with Crippen molar-refractivity contribution in [3.8, 4) is 0 Å². The van der Waals surface area contributed by atoms with E-state index in [1.54, 1.807) is 24.3 Å². The first-order chi connectivity index (χ1) is 12.3. The summed E-state index contributed by atoms with van der Waals surface area (Å²) in [7, 11) is 0. The summed E-state index contributed by atoms with van der Waals surface area (Å²) in [5.41, 5.74) is 1.59. The van der Waals surface area contributed by atoms with Gasteiger partial charge in [-0.05, 0) is 41.8 Å². The number of benzene rings is 2. The molecule has 0 fully saturated rings. The van der Waals surface area contributed by atoms with Crippen molar-refractivity contribution in [3.05, 3.63) is 64.4 Å². The quantitative estimate of drug-likeness (QED) is 0.706. The van der Waals surface area contributed by atoms with Crippen LogP contribution in [-0.2, 0) is 6.54 Å². The normalized spacial score (nSPS) is 10.5. The molecule has 0 radical (unpaired) electrons. The first-order valence-electron chi connectivity index (χ1n) is 8.22. The third kappa shape index (κ3) is 6.04. The van der Waals surface area contributed by atoms with Gasteiger partial charge in [-0.2, -0.15) is 0 Å². The van der Waals surface area contributed by atoms with Crippen LogP contribution < -0.4 is 16.0 Å². The zero-order chi connectivity index (χ0) is 19.1. The molecule has 0 spiro atoms. The molecule has 0 heterocycles. The lowest BCUT2D eigenvalue weighted by Gasteiger charge is -2.11. The fourth-order valence-electron chi connectivity index (χ4n) is 2.13. The van der Waals surface area contributed by atoms with Crippen molar-refractivity contribution in [2.45, 2.75) is 20.4 Å². The molecule has 0 aromatic heterocycles. The monoisotopic (exact) mass is 377 g/mol. The zero-order valence-electron chi connectivity index (χ0n) is 14.6. The lowest BCUT2D eigenvalue weighted by Crippen LogP contribution is -2.29. The van der Waals surface area contributed by atoms with Gasteiger partial charge in [-0.15, -0.1) is 0 Å². The average Bonchev–Trinajstić information content (AvgIpc) is 2.59. The first-order valence-corrected chi connectivity index (χ1v) is 8.60. The van der Waals surface area contributed by atoms with Crippen molar-refractivity contribution in [1.29, 1.82) is 0 Å². The average molecular weight is 378 g/mol. The Balaban J connectivity index is 1.90. The molecule has 3 amide bonds. The minimum absolute atomic E-state index is 0.252. The number of carbonyl (C=O) groups is 2. The van der Waals surface area contributed by atoms with Crippen LogP contribution in [0.4, 0.5) is 14.9 Å². The van der Waals surface area contributed by atoms with Gasteiger partial charge in [0.15, 0.2) is 0 Å². The van der Waals surface area contributed by atoms with Gasteiger partial charge < -0.3 is 16.0 Å². The van der Waals surface area contributed by atoms with E-state index in [2.05, 4.69) is 16.0 Å². The van der Waals surface area contributed by atoms with Crippen molar-refractivity contribution in [2.24, 2.45) is 5.92 Å². The van der Waals surface area contributed by atoms with Crippen LogP contribution in [-0.4, -0.2) is 18.5 Å². The molecular formula is C19H21ClFN3O2. The second-order valence-electron chi connectivity index (χ2n) is 6.23. The summed E-state index contributed by atoms with van der Waals surface area (Å²) in [6, 6.07) is 10.1. The Morgan fingerprint density at radius 3 is 2.38 bits per heavy atom. The predicted molar refractivity (Wildman–Crippen MR) is 101 cm³/mol. The Kier molecular flexibility index (Phi) is 6.97. The Morgan fingerprint density at radius 1 is 1.08 bits per heavy atom. The van der Waals surface area contributed by atoms with Gasteiger partial charge in [0.1, 0.15) is 5.82 Å². The van der Waals surface area contributed by atoms with Crippen molar-refractivity contribution in [3.63, 3.8) is 0 Å². The number of nitrogens with one attached hydrogen (secondary N) is 3. The molecule has 0 saturated carbocycles. The molecule has 0 saturated heterocycles. The lowest BCUT2D eigenvalue weighted by molar-refractivity contribution is 0.0949. The summed E-state index contributed by atoms with van der Waals surface area (Å²) in [5, 5.41) is 8.35. The molecule has 2 rings (SSSR count). The Labute approximate surface area is 156 Å². The van der Waals surface area contributed by atoms with Crippen molar-refractivity contribution in [1.82, 2.24) is 10.6 Å². The van der Waals surface area contributed by atoms with E-state index in [4.69, 9.17) is 11.6 Å². The number of rotatable bonds is 6. The molecule has 0 aliphatic carbocycles. The summed E-state index contributed by atoms with van der Waals surface area (Å²) < 4.78 is 12.8. The van der Waals surface area contributed by atoms with Crippen LogP contribution in [0, 0.1) is 11.7 Å². The third-order valence-corrected chi connectivity index (χ3v) is 3.82. The highest BCUT2D eigenvalue weighted by Crippen LogP contribution is 2.21. The van der Waals surface area contributed by atoms with Gasteiger partial charge in [-0.1, -0.05) is 37.6 Å². The number of halogens is 2. The molecule has 2 aromatic rings. The van der Waals surface area contributed by atoms with Gasteiger partial charge in [-0.3, -0.25) is 4.79 Å². The minimum atomic E-state index is -0.428. The van der Waals surface area contributed by atoms with Crippen LogP contribution in [0.3, 0.4) is 0 Å². The van der Waals surface area contributed by atoms with Gasteiger partial charge in [0, 0.05) is 18.8 Å². The number of hydrogen-bond donors (Lipinski definition) is 3. The van der Waals surface area contributed by atoms with Crippen LogP contribution in [0.25, 0.3) is 0 Å². The maximum Gasteiger partial charge on any atom is 0.319 e. The zero-order valence-corrected chi connectivity index (χ0v) is 15.4. The molecule has 2 aromatic carbocycles. The fourth-order valence-corrected chi connectivity index (χ4v) is 2.40. The highest BCUT2D eigenvalue weighted by molar-refractivity contribution is 6.34. The standard InChI is InChI=1S/C19H21ClFN3O2/c1-12(2)10-22-18(25)16-8-7-15(9-17(16)20)24-19(26)23-11-13-3-5-14(21)6-4-13/h3-9,12H,10-11H2,1-2H3,(H,22,25)(H2,23,24,26). The third-order valence-electron chi connectivity index (χ3n) is 3.51. The smallest absolute Gasteiger partial charge is 0.319 e. The maximum atomic E-state index is 12.8. The number of carbonyl (C=O) groups excluding carboxylic acids is 2. The maximum absolute atomic E-state index is 12.8. The number of amides is 3. The molecule has 3 N–H and O–H groups in total. The Morgan fingerprint density at radius 2 is 1.77 bits per heavy atom. The molecule has 7 heteroatoms. The Hall–Kier alpha value is -2.60. The van der Waals surface area contributed by atoms with E-state index in [1.165, 1.54) is 18.2 Å². The second kappa shape index (κ2) is 9.20. The molecule has 0 atom stereocenters. The van der Waals surface area contributed by atoms with Gasteiger partial charge in [0.25, 0.3) is 5.91 Å². The van der Waals surface area contributed by atoms with Crippen LogP contribution >= 0.6 is 11.6 Å². The molecule has 0 bridgehead atoms. The number of urea groups is 1. The molecule has 0 aliphatic rings. The topological polar surface area (TPSA) is 70.2 Å². The Bertz CT molecular complexity index is 779. The highest BCUT2D eigenvalue weighted by atomic mass is 35.5. The largest absolute Gasteiger partial charge is 0.352 e. The summed E-state index contributed by atoms with van der Waals surface area (Å²) in [4.78, 5) is 24.0.